The smallest absolute Gasteiger partial charge is 0.413 e. The molecule has 0 spiro atoms. The van der Waals surface area contributed by atoms with E-state index in [0.717, 1.165) is 6.26 Å². The predicted molar refractivity (Wildman–Crippen MR) is 115 cm³/mol. The second kappa shape index (κ2) is 8.86. The SMILES string of the molecule is Cc1nc(-c2nnn(C)c2NC(=O)O[C@H](C)c2ccc(F)nc2C)ccc1NS(C)(=O)=O. The molecular weight excluding hydrogens is 441 g/mol. The van der Waals surface area contributed by atoms with E-state index in [9.17, 15) is 17.6 Å². The maximum atomic E-state index is 13.2. The number of carbonyl (C=O) groups excluding carboxylic acids is 1. The molecule has 0 aliphatic rings. The quantitative estimate of drug-likeness (QED) is 0.532. The number of nitrogens with one attached hydrogen (secondary N) is 2. The Kier molecular flexibility index (Phi) is 6.39. The second-order valence-electron chi connectivity index (χ2n) is 7.10. The molecule has 32 heavy (non-hydrogen) atoms. The van der Waals surface area contributed by atoms with Gasteiger partial charge in [0.15, 0.2) is 11.5 Å². The van der Waals surface area contributed by atoms with Crippen LogP contribution in [-0.4, -0.2) is 45.7 Å². The lowest BCUT2D eigenvalue weighted by atomic mass is 10.1. The van der Waals surface area contributed by atoms with E-state index in [-0.39, 0.29) is 11.5 Å². The number of aryl methyl sites for hydroxylation is 3. The van der Waals surface area contributed by atoms with Crippen LogP contribution in [0.4, 0.5) is 20.7 Å². The van der Waals surface area contributed by atoms with Crippen molar-refractivity contribution in [1.29, 1.82) is 0 Å². The van der Waals surface area contributed by atoms with E-state index >= 15 is 0 Å². The lowest BCUT2D eigenvalue weighted by molar-refractivity contribution is 0.120. The number of ether oxygens (including phenoxy) is 1. The van der Waals surface area contributed by atoms with Crippen molar-refractivity contribution in [2.75, 3.05) is 16.3 Å². The number of carbonyl (C=O) groups is 1. The molecular formula is C19H22FN7O4S. The molecule has 0 aromatic carbocycles. The molecule has 1 amide bonds. The Morgan fingerprint density at radius 1 is 1.16 bits per heavy atom. The van der Waals surface area contributed by atoms with Gasteiger partial charge < -0.3 is 4.74 Å². The van der Waals surface area contributed by atoms with Gasteiger partial charge in [0.2, 0.25) is 16.0 Å². The number of sulfonamides is 1. The van der Waals surface area contributed by atoms with E-state index in [1.54, 1.807) is 40.0 Å². The van der Waals surface area contributed by atoms with Crippen molar-refractivity contribution in [2.45, 2.75) is 26.9 Å². The molecule has 0 saturated carbocycles. The first-order valence-electron chi connectivity index (χ1n) is 9.40. The van der Waals surface area contributed by atoms with Gasteiger partial charge in [0.05, 0.1) is 23.3 Å². The zero-order valence-corrected chi connectivity index (χ0v) is 18.9. The molecule has 11 nitrogen and oxygen atoms in total. The van der Waals surface area contributed by atoms with Crippen molar-refractivity contribution in [1.82, 2.24) is 25.0 Å². The van der Waals surface area contributed by atoms with Gasteiger partial charge in [-0.15, -0.1) is 5.10 Å². The fraction of sp³-hybridized carbons (Fsp3) is 0.316. The summed E-state index contributed by atoms with van der Waals surface area (Å²) >= 11 is 0. The third kappa shape index (κ3) is 5.35. The average molecular weight is 463 g/mol. The van der Waals surface area contributed by atoms with Crippen LogP contribution < -0.4 is 10.0 Å². The van der Waals surface area contributed by atoms with E-state index in [2.05, 4.69) is 30.3 Å². The first kappa shape index (κ1) is 23.1. The fourth-order valence-electron chi connectivity index (χ4n) is 2.99. The van der Waals surface area contributed by atoms with Crippen LogP contribution in [0.5, 0.6) is 0 Å². The molecule has 170 valence electrons. The minimum Gasteiger partial charge on any atom is -0.441 e. The summed E-state index contributed by atoms with van der Waals surface area (Å²) in [6, 6.07) is 5.80. The molecule has 13 heteroatoms. The molecule has 0 fully saturated rings. The van der Waals surface area contributed by atoms with Gasteiger partial charge in [-0.1, -0.05) is 5.21 Å². The highest BCUT2D eigenvalue weighted by molar-refractivity contribution is 7.92. The van der Waals surface area contributed by atoms with Crippen molar-refractivity contribution in [3.63, 3.8) is 0 Å². The van der Waals surface area contributed by atoms with Gasteiger partial charge >= 0.3 is 6.09 Å². The minimum absolute atomic E-state index is 0.229. The van der Waals surface area contributed by atoms with Crippen LogP contribution in [0.1, 0.15) is 30.0 Å². The van der Waals surface area contributed by atoms with E-state index in [4.69, 9.17) is 4.74 Å². The highest BCUT2D eigenvalue weighted by atomic mass is 32.2. The number of hydrogen-bond donors (Lipinski definition) is 2. The molecule has 0 bridgehead atoms. The summed E-state index contributed by atoms with van der Waals surface area (Å²) in [5, 5.41) is 10.5. The second-order valence-corrected chi connectivity index (χ2v) is 8.84. The van der Waals surface area contributed by atoms with Crippen LogP contribution >= 0.6 is 0 Å². The van der Waals surface area contributed by atoms with Crippen molar-refractivity contribution >= 4 is 27.6 Å². The van der Waals surface area contributed by atoms with Crippen LogP contribution in [-0.2, 0) is 21.8 Å². The maximum absolute atomic E-state index is 13.2. The third-order valence-electron chi connectivity index (χ3n) is 4.49. The van der Waals surface area contributed by atoms with E-state index in [1.165, 1.54) is 16.8 Å². The summed E-state index contributed by atoms with van der Waals surface area (Å²) in [7, 11) is -1.88. The van der Waals surface area contributed by atoms with Crippen molar-refractivity contribution in [3.05, 3.63) is 47.2 Å². The first-order chi connectivity index (χ1) is 14.9. The number of amides is 1. The average Bonchev–Trinajstić information content (AvgIpc) is 3.02. The summed E-state index contributed by atoms with van der Waals surface area (Å²) in [5.74, 6) is -0.388. The summed E-state index contributed by atoms with van der Waals surface area (Å²) in [5.41, 5.74) is 2.36. The number of pyridine rings is 2. The van der Waals surface area contributed by atoms with Gasteiger partial charge in [-0.25, -0.2) is 27.9 Å². The van der Waals surface area contributed by atoms with E-state index < -0.39 is 28.2 Å². The van der Waals surface area contributed by atoms with E-state index in [1.807, 2.05) is 0 Å². The molecule has 2 N–H and O–H groups in total. The summed E-state index contributed by atoms with van der Waals surface area (Å²) < 4.78 is 45.3. The van der Waals surface area contributed by atoms with Crippen LogP contribution in [0.3, 0.4) is 0 Å². The largest absolute Gasteiger partial charge is 0.441 e. The summed E-state index contributed by atoms with van der Waals surface area (Å²) in [4.78, 5) is 20.6. The Bertz CT molecular complexity index is 1280. The number of aromatic nitrogens is 5. The van der Waals surface area contributed by atoms with Gasteiger partial charge in [0.25, 0.3) is 0 Å². The minimum atomic E-state index is -3.46. The zero-order chi connectivity index (χ0) is 23.6. The zero-order valence-electron chi connectivity index (χ0n) is 18.0. The predicted octanol–water partition coefficient (Wildman–Crippen LogP) is 2.71. The monoisotopic (exact) mass is 463 g/mol. The molecule has 3 aromatic heterocycles. The number of rotatable bonds is 6. The number of hydrogen-bond acceptors (Lipinski definition) is 8. The van der Waals surface area contributed by atoms with Gasteiger partial charge in [-0.3, -0.25) is 10.0 Å². The normalized spacial score (nSPS) is 12.3. The van der Waals surface area contributed by atoms with Gasteiger partial charge in [0.1, 0.15) is 6.10 Å². The summed E-state index contributed by atoms with van der Waals surface area (Å²) in [6.45, 7) is 4.90. The molecule has 0 unspecified atom stereocenters. The Morgan fingerprint density at radius 2 is 1.88 bits per heavy atom. The standard InChI is InChI=1S/C19H22FN7O4S/c1-10-13(6-9-16(20)22-10)12(3)31-19(28)23-18-17(24-26-27(18)4)15-8-7-14(11(2)21-15)25-32(5,29)30/h6-9,12,25H,1-5H3,(H,23,28)/t12-/m1/s1. The number of anilines is 2. The molecule has 0 aliphatic heterocycles. The van der Waals surface area contributed by atoms with Gasteiger partial charge in [-0.05, 0) is 45.0 Å². The highest BCUT2D eigenvalue weighted by Gasteiger charge is 2.21. The van der Waals surface area contributed by atoms with Crippen LogP contribution in [0.25, 0.3) is 11.4 Å². The third-order valence-corrected chi connectivity index (χ3v) is 5.08. The Balaban J connectivity index is 1.80. The molecule has 0 saturated heterocycles. The Morgan fingerprint density at radius 3 is 2.50 bits per heavy atom. The highest BCUT2D eigenvalue weighted by Crippen LogP contribution is 2.27. The van der Waals surface area contributed by atoms with Crippen LogP contribution in [0, 0.1) is 19.8 Å². The lowest BCUT2D eigenvalue weighted by Gasteiger charge is -2.16. The molecule has 3 rings (SSSR count). The van der Waals surface area contributed by atoms with Crippen molar-refractivity contribution < 1.29 is 22.3 Å². The molecule has 3 heterocycles. The van der Waals surface area contributed by atoms with Crippen molar-refractivity contribution in [3.8, 4) is 11.4 Å². The summed E-state index contributed by atoms with van der Waals surface area (Å²) in [6.07, 6.45) is -0.421. The molecule has 3 aromatic rings. The number of halogens is 1. The molecule has 0 radical (unpaired) electrons. The van der Waals surface area contributed by atoms with Crippen LogP contribution in [0.15, 0.2) is 24.3 Å². The van der Waals surface area contributed by atoms with Gasteiger partial charge in [0, 0.05) is 18.3 Å². The Labute approximate surface area is 184 Å². The molecule has 0 aliphatic carbocycles. The van der Waals surface area contributed by atoms with Crippen molar-refractivity contribution in [2.24, 2.45) is 7.05 Å². The first-order valence-corrected chi connectivity index (χ1v) is 11.3. The topological polar surface area (TPSA) is 141 Å². The van der Waals surface area contributed by atoms with Crippen LogP contribution in [0.2, 0.25) is 0 Å². The maximum Gasteiger partial charge on any atom is 0.413 e. The fourth-order valence-corrected chi connectivity index (χ4v) is 3.61. The van der Waals surface area contributed by atoms with Gasteiger partial charge in [-0.2, -0.15) is 4.39 Å². The number of nitrogens with zero attached hydrogens (tertiary/aromatic N) is 5. The van der Waals surface area contributed by atoms with E-state index in [0.29, 0.717) is 28.3 Å². The molecule has 1 atom stereocenters. The Hall–Kier alpha value is -3.61. The lowest BCUT2D eigenvalue weighted by Crippen LogP contribution is -2.19.